The summed E-state index contributed by atoms with van der Waals surface area (Å²) in [5.41, 5.74) is 0. The second kappa shape index (κ2) is 10.0. The molecule has 0 heterocycles. The number of hydrogen-bond acceptors (Lipinski definition) is 2. The molecule has 0 aliphatic rings. The van der Waals surface area contributed by atoms with Gasteiger partial charge in [-0.15, -0.1) is 0 Å². The van der Waals surface area contributed by atoms with Crippen LogP contribution in [0.5, 0.6) is 0 Å². The van der Waals surface area contributed by atoms with E-state index in [1.807, 2.05) is 0 Å². The second-order valence-corrected chi connectivity index (χ2v) is 2.57. The van der Waals surface area contributed by atoms with Crippen molar-refractivity contribution in [1.82, 2.24) is 0 Å². The van der Waals surface area contributed by atoms with Gasteiger partial charge in [0.1, 0.15) is 19.0 Å². The van der Waals surface area contributed by atoms with Gasteiger partial charge < -0.3 is 9.53 Å². The Labute approximate surface area is 74.3 Å². The predicted molar refractivity (Wildman–Crippen MR) is 48.6 cm³/mol. The fourth-order valence-corrected chi connectivity index (χ4v) is 0.879. The zero-order valence-corrected chi connectivity index (χ0v) is 7.64. The molecular formula is C10H16O2. The summed E-state index contributed by atoms with van der Waals surface area (Å²) in [6.07, 6.45) is 8.48. The van der Waals surface area contributed by atoms with Crippen LogP contribution in [0.4, 0.5) is 0 Å². The van der Waals surface area contributed by atoms with Crippen LogP contribution in [0.3, 0.4) is 0 Å². The lowest BCUT2D eigenvalue weighted by atomic mass is 10.2. The van der Waals surface area contributed by atoms with Crippen LogP contribution >= 0.6 is 0 Å². The summed E-state index contributed by atoms with van der Waals surface area (Å²) in [7, 11) is 0. The molecular weight excluding hydrogens is 152 g/mol. The van der Waals surface area contributed by atoms with Gasteiger partial charge in [-0.25, -0.2) is 0 Å². The van der Waals surface area contributed by atoms with Gasteiger partial charge in [-0.05, 0) is 12.8 Å². The number of ether oxygens (including phenoxy) is 1. The molecule has 0 saturated heterocycles. The molecule has 0 aromatic carbocycles. The third kappa shape index (κ3) is 9.03. The molecule has 0 radical (unpaired) electrons. The molecule has 0 bridgehead atoms. The zero-order chi connectivity index (χ0) is 9.07. The van der Waals surface area contributed by atoms with Crippen molar-refractivity contribution in [1.29, 1.82) is 0 Å². The second-order valence-electron chi connectivity index (χ2n) is 2.57. The molecule has 68 valence electrons. The van der Waals surface area contributed by atoms with Crippen molar-refractivity contribution in [3.05, 3.63) is 0 Å². The Bertz CT molecular complexity index is 153. The molecule has 0 aromatic rings. The van der Waals surface area contributed by atoms with E-state index in [1.54, 1.807) is 6.92 Å². The van der Waals surface area contributed by atoms with E-state index in [0.717, 1.165) is 32.0 Å². The van der Waals surface area contributed by atoms with E-state index < -0.39 is 0 Å². The largest absolute Gasteiger partial charge is 0.447 e. The van der Waals surface area contributed by atoms with Crippen LogP contribution in [0.1, 0.15) is 39.0 Å². The fraction of sp³-hybridized carbons (Fsp3) is 0.700. The van der Waals surface area contributed by atoms with Crippen LogP contribution < -0.4 is 0 Å². The molecule has 0 atom stereocenters. The third-order valence-corrected chi connectivity index (χ3v) is 1.49. The molecule has 0 saturated carbocycles. The molecule has 0 rings (SSSR count). The molecule has 0 amide bonds. The van der Waals surface area contributed by atoms with Gasteiger partial charge in [0.15, 0.2) is 0 Å². The van der Waals surface area contributed by atoms with Crippen molar-refractivity contribution in [2.45, 2.75) is 39.0 Å². The number of aldehydes is 1. The Balaban J connectivity index is 2.89. The predicted octanol–water partition coefficient (Wildman–Crippen LogP) is 2.13. The van der Waals surface area contributed by atoms with Gasteiger partial charge in [0, 0.05) is 13.3 Å². The number of carbonyl (C=O) groups excluding carboxylic acids is 1. The quantitative estimate of drug-likeness (QED) is 0.331. The zero-order valence-electron chi connectivity index (χ0n) is 7.64. The Kier molecular flexibility index (Phi) is 9.22. The van der Waals surface area contributed by atoms with E-state index in [4.69, 9.17) is 4.74 Å². The highest BCUT2D eigenvalue weighted by molar-refractivity contribution is 5.48. The first-order valence-electron chi connectivity index (χ1n) is 4.39. The molecule has 0 N–H and O–H groups in total. The third-order valence-electron chi connectivity index (χ3n) is 1.49. The Morgan fingerprint density at radius 3 is 2.67 bits per heavy atom. The van der Waals surface area contributed by atoms with Gasteiger partial charge in [0.2, 0.25) is 0 Å². The van der Waals surface area contributed by atoms with Crippen molar-refractivity contribution in [3.8, 4) is 12.0 Å². The van der Waals surface area contributed by atoms with Crippen molar-refractivity contribution in [2.75, 3.05) is 6.61 Å². The lowest BCUT2D eigenvalue weighted by Gasteiger charge is -1.97. The summed E-state index contributed by atoms with van der Waals surface area (Å²) < 4.78 is 4.96. The number of hydrogen-bond donors (Lipinski definition) is 0. The maximum atomic E-state index is 9.94. The first kappa shape index (κ1) is 11.0. The van der Waals surface area contributed by atoms with E-state index in [-0.39, 0.29) is 0 Å². The lowest BCUT2D eigenvalue weighted by Crippen LogP contribution is -1.88. The van der Waals surface area contributed by atoms with Crippen LogP contribution in [0.15, 0.2) is 0 Å². The van der Waals surface area contributed by atoms with E-state index in [0.29, 0.717) is 13.0 Å². The number of rotatable bonds is 7. The molecule has 0 aliphatic carbocycles. The molecule has 0 aliphatic heterocycles. The Morgan fingerprint density at radius 2 is 2.00 bits per heavy atom. The standard InChI is InChI=1S/C10H16O2/c1-2-9-12-10-7-5-3-4-6-8-11/h8H,3-7,10H2,1H3. The van der Waals surface area contributed by atoms with E-state index >= 15 is 0 Å². The minimum absolute atomic E-state index is 0.690. The highest BCUT2D eigenvalue weighted by Crippen LogP contribution is 2.01. The van der Waals surface area contributed by atoms with E-state index in [2.05, 4.69) is 12.0 Å². The van der Waals surface area contributed by atoms with Crippen LogP contribution in [-0.4, -0.2) is 12.9 Å². The smallest absolute Gasteiger partial charge is 0.119 e. The molecule has 0 unspecified atom stereocenters. The van der Waals surface area contributed by atoms with Crippen molar-refractivity contribution < 1.29 is 9.53 Å². The van der Waals surface area contributed by atoms with Crippen LogP contribution in [0.25, 0.3) is 0 Å². The number of carbonyl (C=O) groups is 1. The van der Waals surface area contributed by atoms with Crippen LogP contribution in [0.2, 0.25) is 0 Å². The highest BCUT2D eigenvalue weighted by Gasteiger charge is 1.88. The van der Waals surface area contributed by atoms with E-state index in [1.165, 1.54) is 0 Å². The Morgan fingerprint density at radius 1 is 1.25 bits per heavy atom. The van der Waals surface area contributed by atoms with Crippen LogP contribution in [-0.2, 0) is 9.53 Å². The van der Waals surface area contributed by atoms with Gasteiger partial charge in [0.25, 0.3) is 0 Å². The summed E-state index contributed by atoms with van der Waals surface area (Å²) in [6.45, 7) is 2.46. The highest BCUT2D eigenvalue weighted by atomic mass is 16.5. The maximum absolute atomic E-state index is 9.94. The molecule has 0 aromatic heterocycles. The lowest BCUT2D eigenvalue weighted by molar-refractivity contribution is -0.107. The fourth-order valence-electron chi connectivity index (χ4n) is 0.879. The average molecular weight is 168 g/mol. The monoisotopic (exact) mass is 168 g/mol. The van der Waals surface area contributed by atoms with Gasteiger partial charge >= 0.3 is 0 Å². The van der Waals surface area contributed by atoms with Crippen molar-refractivity contribution in [2.24, 2.45) is 0 Å². The van der Waals surface area contributed by atoms with Gasteiger partial charge in [-0.2, -0.15) is 0 Å². The minimum atomic E-state index is 0.690. The Hall–Kier alpha value is -0.970. The van der Waals surface area contributed by atoms with E-state index in [9.17, 15) is 4.79 Å². The average Bonchev–Trinajstić information content (AvgIpc) is 2.10. The topological polar surface area (TPSA) is 26.3 Å². The van der Waals surface area contributed by atoms with Gasteiger partial charge in [-0.1, -0.05) is 18.8 Å². The maximum Gasteiger partial charge on any atom is 0.119 e. The van der Waals surface area contributed by atoms with Crippen molar-refractivity contribution in [3.63, 3.8) is 0 Å². The first-order chi connectivity index (χ1) is 5.91. The van der Waals surface area contributed by atoms with Gasteiger partial charge in [0.05, 0.1) is 0 Å². The molecule has 2 nitrogen and oxygen atoms in total. The summed E-state index contributed by atoms with van der Waals surface area (Å²) in [4.78, 5) is 9.94. The summed E-state index contributed by atoms with van der Waals surface area (Å²) in [5.74, 6) is 2.66. The van der Waals surface area contributed by atoms with Gasteiger partial charge in [-0.3, -0.25) is 0 Å². The minimum Gasteiger partial charge on any atom is -0.447 e. The molecule has 12 heavy (non-hydrogen) atoms. The molecule has 0 fully saturated rings. The van der Waals surface area contributed by atoms with Crippen molar-refractivity contribution >= 4 is 6.29 Å². The summed E-state index contributed by atoms with van der Waals surface area (Å²) in [6, 6.07) is 0. The first-order valence-corrected chi connectivity index (χ1v) is 4.39. The summed E-state index contributed by atoms with van der Waals surface area (Å²) >= 11 is 0. The number of unbranched alkanes of at least 4 members (excludes halogenated alkanes) is 4. The SMILES string of the molecule is CC#COCCCCCCC=O. The molecule has 0 spiro atoms. The summed E-state index contributed by atoms with van der Waals surface area (Å²) in [5, 5.41) is 0. The van der Waals surface area contributed by atoms with Crippen LogP contribution in [0, 0.1) is 12.0 Å². The molecule has 2 heteroatoms. The normalized spacial score (nSPS) is 8.42.